The smallest absolute Gasteiger partial charge is 0.216 e. The van der Waals surface area contributed by atoms with Gasteiger partial charge < -0.3 is 15.2 Å². The highest BCUT2D eigenvalue weighted by molar-refractivity contribution is 6.11. The summed E-state index contributed by atoms with van der Waals surface area (Å²) in [5.41, 5.74) is 0.242. The van der Waals surface area contributed by atoms with E-state index in [2.05, 4.69) is 4.98 Å². The molecule has 0 fully saturated rings. The van der Waals surface area contributed by atoms with Gasteiger partial charge in [0.1, 0.15) is 17.1 Å². The van der Waals surface area contributed by atoms with E-state index in [1.54, 1.807) is 18.3 Å². The van der Waals surface area contributed by atoms with E-state index in [1.807, 2.05) is 0 Å². The molecule has 0 radical (unpaired) electrons. The monoisotopic (exact) mass is 203 g/mol. The van der Waals surface area contributed by atoms with Crippen LogP contribution in [0.2, 0.25) is 0 Å². The second-order valence-electron chi connectivity index (χ2n) is 3.08. The standard InChI is InChI=1S/C11H9NO3/c13-8-4-1-5-9(14)10(8)11(15)7-3-2-6-12-7/h1-6,12-14H. The third kappa shape index (κ3) is 1.57. The molecule has 0 aliphatic heterocycles. The molecule has 3 N–H and O–H groups in total. The van der Waals surface area contributed by atoms with E-state index < -0.39 is 5.78 Å². The first-order valence-electron chi connectivity index (χ1n) is 4.39. The van der Waals surface area contributed by atoms with Crippen LogP contribution in [0.4, 0.5) is 0 Å². The number of rotatable bonds is 2. The van der Waals surface area contributed by atoms with Crippen LogP contribution in [0.5, 0.6) is 11.5 Å². The first-order valence-corrected chi connectivity index (χ1v) is 4.39. The summed E-state index contributed by atoms with van der Waals surface area (Å²) in [6.45, 7) is 0. The molecule has 4 heteroatoms. The highest BCUT2D eigenvalue weighted by Crippen LogP contribution is 2.28. The molecule has 1 aromatic carbocycles. The maximum absolute atomic E-state index is 11.8. The van der Waals surface area contributed by atoms with Gasteiger partial charge in [-0.2, -0.15) is 0 Å². The Labute approximate surface area is 85.8 Å². The molecule has 0 bridgehead atoms. The summed E-state index contributed by atoms with van der Waals surface area (Å²) in [4.78, 5) is 14.5. The Morgan fingerprint density at radius 2 is 1.73 bits per heavy atom. The van der Waals surface area contributed by atoms with Crippen molar-refractivity contribution in [2.75, 3.05) is 0 Å². The number of hydrogen-bond donors (Lipinski definition) is 3. The van der Waals surface area contributed by atoms with Crippen LogP contribution in [0.15, 0.2) is 36.5 Å². The summed E-state index contributed by atoms with van der Waals surface area (Å²) in [5, 5.41) is 18.9. The SMILES string of the molecule is O=C(c1ccc[nH]1)c1c(O)cccc1O. The van der Waals surface area contributed by atoms with Crippen molar-refractivity contribution < 1.29 is 15.0 Å². The van der Waals surface area contributed by atoms with Crippen LogP contribution >= 0.6 is 0 Å². The zero-order valence-corrected chi connectivity index (χ0v) is 7.77. The van der Waals surface area contributed by atoms with Crippen molar-refractivity contribution in [2.24, 2.45) is 0 Å². The van der Waals surface area contributed by atoms with E-state index in [0.717, 1.165) is 0 Å². The number of benzene rings is 1. The van der Waals surface area contributed by atoms with Crippen LogP contribution in [0.1, 0.15) is 16.1 Å². The zero-order chi connectivity index (χ0) is 10.8. The molecule has 0 saturated carbocycles. The van der Waals surface area contributed by atoms with Gasteiger partial charge in [0.2, 0.25) is 5.78 Å². The van der Waals surface area contributed by atoms with Crippen LogP contribution in [0.3, 0.4) is 0 Å². The molecule has 0 saturated heterocycles. The number of hydrogen-bond acceptors (Lipinski definition) is 3. The minimum Gasteiger partial charge on any atom is -0.507 e. The summed E-state index contributed by atoms with van der Waals surface area (Å²) >= 11 is 0. The topological polar surface area (TPSA) is 73.3 Å². The largest absolute Gasteiger partial charge is 0.507 e. The molecule has 1 heterocycles. The molecular weight excluding hydrogens is 194 g/mol. The van der Waals surface area contributed by atoms with Crippen LogP contribution in [0.25, 0.3) is 0 Å². The molecule has 76 valence electrons. The lowest BCUT2D eigenvalue weighted by Gasteiger charge is -2.04. The van der Waals surface area contributed by atoms with Crippen LogP contribution in [-0.2, 0) is 0 Å². The molecule has 0 spiro atoms. The molecule has 2 rings (SSSR count). The summed E-state index contributed by atoms with van der Waals surface area (Å²) in [7, 11) is 0. The Balaban J connectivity index is 2.51. The molecule has 0 aliphatic rings. The van der Waals surface area contributed by atoms with E-state index in [4.69, 9.17) is 0 Å². The number of carbonyl (C=O) groups is 1. The van der Waals surface area contributed by atoms with Crippen molar-refractivity contribution in [3.8, 4) is 11.5 Å². The number of aromatic amines is 1. The summed E-state index contributed by atoms with van der Waals surface area (Å²) in [6.07, 6.45) is 1.60. The third-order valence-electron chi connectivity index (χ3n) is 2.09. The lowest BCUT2D eigenvalue weighted by Crippen LogP contribution is -2.02. The lowest BCUT2D eigenvalue weighted by molar-refractivity contribution is 0.103. The fourth-order valence-corrected chi connectivity index (χ4v) is 1.37. The third-order valence-corrected chi connectivity index (χ3v) is 2.09. The Hall–Kier alpha value is -2.23. The Bertz CT molecular complexity index is 468. The highest BCUT2D eigenvalue weighted by atomic mass is 16.3. The molecule has 1 aromatic heterocycles. The van der Waals surface area contributed by atoms with Crippen molar-refractivity contribution in [2.45, 2.75) is 0 Å². The minimum atomic E-state index is -0.435. The summed E-state index contributed by atoms with van der Waals surface area (Å²) in [6, 6.07) is 7.43. The van der Waals surface area contributed by atoms with Crippen molar-refractivity contribution in [3.63, 3.8) is 0 Å². The van der Waals surface area contributed by atoms with E-state index in [1.165, 1.54) is 18.2 Å². The average Bonchev–Trinajstić information content (AvgIpc) is 2.69. The fraction of sp³-hybridized carbons (Fsp3) is 0. The number of ketones is 1. The second kappa shape index (κ2) is 3.49. The maximum atomic E-state index is 11.8. The molecule has 0 aliphatic carbocycles. The second-order valence-corrected chi connectivity index (χ2v) is 3.08. The Morgan fingerprint density at radius 1 is 1.07 bits per heavy atom. The van der Waals surface area contributed by atoms with Crippen molar-refractivity contribution in [3.05, 3.63) is 47.8 Å². The van der Waals surface area contributed by atoms with E-state index in [-0.39, 0.29) is 17.1 Å². The van der Waals surface area contributed by atoms with Gasteiger partial charge >= 0.3 is 0 Å². The van der Waals surface area contributed by atoms with Crippen LogP contribution < -0.4 is 0 Å². The predicted molar refractivity (Wildman–Crippen MR) is 54.0 cm³/mol. The molecule has 0 atom stereocenters. The van der Waals surface area contributed by atoms with Gasteiger partial charge in [0.05, 0.1) is 5.69 Å². The van der Waals surface area contributed by atoms with Gasteiger partial charge in [0.15, 0.2) is 0 Å². The van der Waals surface area contributed by atoms with Crippen LogP contribution in [0, 0.1) is 0 Å². The van der Waals surface area contributed by atoms with Gasteiger partial charge in [-0.1, -0.05) is 6.07 Å². The van der Waals surface area contributed by atoms with Gasteiger partial charge in [0.25, 0.3) is 0 Å². The molecule has 15 heavy (non-hydrogen) atoms. The normalized spacial score (nSPS) is 10.1. The zero-order valence-electron chi connectivity index (χ0n) is 7.77. The Kier molecular flexibility index (Phi) is 2.17. The van der Waals surface area contributed by atoms with Gasteiger partial charge in [-0.25, -0.2) is 0 Å². The first-order chi connectivity index (χ1) is 7.20. The van der Waals surface area contributed by atoms with E-state index in [0.29, 0.717) is 5.69 Å². The molecular formula is C11H9NO3. The number of nitrogens with one attached hydrogen (secondary N) is 1. The van der Waals surface area contributed by atoms with E-state index in [9.17, 15) is 15.0 Å². The number of carbonyl (C=O) groups excluding carboxylic acids is 1. The molecule has 4 nitrogen and oxygen atoms in total. The number of aromatic hydroxyl groups is 2. The van der Waals surface area contributed by atoms with E-state index >= 15 is 0 Å². The minimum absolute atomic E-state index is 0.0834. The van der Waals surface area contributed by atoms with Crippen molar-refractivity contribution in [1.29, 1.82) is 0 Å². The van der Waals surface area contributed by atoms with Gasteiger partial charge in [0, 0.05) is 6.20 Å². The highest BCUT2D eigenvalue weighted by Gasteiger charge is 2.17. The lowest BCUT2D eigenvalue weighted by atomic mass is 10.1. The van der Waals surface area contributed by atoms with Gasteiger partial charge in [-0.15, -0.1) is 0 Å². The maximum Gasteiger partial charge on any atom is 0.216 e. The number of phenols is 2. The quantitative estimate of drug-likeness (QED) is 0.650. The Morgan fingerprint density at radius 3 is 2.27 bits per heavy atom. The van der Waals surface area contributed by atoms with Gasteiger partial charge in [-0.05, 0) is 24.3 Å². The van der Waals surface area contributed by atoms with Crippen molar-refractivity contribution >= 4 is 5.78 Å². The van der Waals surface area contributed by atoms with Crippen LogP contribution in [-0.4, -0.2) is 21.0 Å². The summed E-state index contributed by atoms with van der Waals surface area (Å²) < 4.78 is 0. The average molecular weight is 203 g/mol. The predicted octanol–water partition coefficient (Wildman–Crippen LogP) is 1.66. The molecule has 0 unspecified atom stereocenters. The fourth-order valence-electron chi connectivity index (χ4n) is 1.37. The number of aromatic nitrogens is 1. The number of phenolic OH excluding ortho intramolecular Hbond substituents is 2. The van der Waals surface area contributed by atoms with Gasteiger partial charge in [-0.3, -0.25) is 4.79 Å². The van der Waals surface area contributed by atoms with Crippen molar-refractivity contribution in [1.82, 2.24) is 4.98 Å². The molecule has 0 amide bonds. The molecule has 2 aromatic rings. The number of H-pyrrole nitrogens is 1. The first kappa shape index (κ1) is 9.33. The summed E-state index contributed by atoms with van der Waals surface area (Å²) in [5.74, 6) is -0.889.